The van der Waals surface area contributed by atoms with E-state index >= 15 is 8.78 Å². The number of imide groups is 1. The number of benzene rings is 2. The molecule has 64 heavy (non-hydrogen) atoms. The summed E-state index contributed by atoms with van der Waals surface area (Å²) in [5.74, 6) is 0.110. The van der Waals surface area contributed by atoms with Gasteiger partial charge in [-0.3, -0.25) is 38.9 Å². The molecule has 0 spiro atoms. The number of piperidine rings is 2. The van der Waals surface area contributed by atoms with E-state index in [1.54, 1.807) is 16.7 Å². The standard InChI is InChI=1S/C47H57F2N9O6/c1-29(59)55-16-13-38-37(28-55)44(51-58(38)32-5-3-2-4-6-32)56-21-22-64-41-25-36(35(43(48)49)24-40(41)56)46(62)54-14-11-30(12-15-54)26-52-17-19-53(20-18-52)33-8-7-31-27-57(47(63)34(31)23-33)39-9-10-42(60)50-45(39)61/h7-8,23-25,30,32,39,43H,2-6,9-22,26-28H2,1H3,(H,50,60,61). The maximum Gasteiger partial charge on any atom is 0.264 e. The number of carbonyl (C=O) groups is 5. The summed E-state index contributed by atoms with van der Waals surface area (Å²) < 4.78 is 38.3. The molecular formula is C47H57F2N9O6. The van der Waals surface area contributed by atoms with Crippen molar-refractivity contribution in [3.63, 3.8) is 0 Å². The zero-order valence-corrected chi connectivity index (χ0v) is 36.5. The lowest BCUT2D eigenvalue weighted by Crippen LogP contribution is -2.52. The molecule has 0 bridgehead atoms. The molecular weight excluding hydrogens is 825 g/mol. The summed E-state index contributed by atoms with van der Waals surface area (Å²) in [7, 11) is 0. The highest BCUT2D eigenvalue weighted by Gasteiger charge is 2.40. The fourth-order valence-corrected chi connectivity index (χ4v) is 11.2. The molecule has 0 radical (unpaired) electrons. The third-order valence-electron chi connectivity index (χ3n) is 14.8. The van der Waals surface area contributed by atoms with Gasteiger partial charge in [-0.2, -0.15) is 5.10 Å². The number of piperazine rings is 1. The van der Waals surface area contributed by atoms with Crippen LogP contribution in [-0.4, -0.2) is 130 Å². The minimum Gasteiger partial charge on any atom is -0.490 e. The van der Waals surface area contributed by atoms with Gasteiger partial charge in [-0.15, -0.1) is 0 Å². The molecule has 5 amide bonds. The Hall–Kier alpha value is -5.58. The van der Waals surface area contributed by atoms with Crippen molar-refractivity contribution in [2.45, 2.75) is 103 Å². The number of hydrogen-bond donors (Lipinski definition) is 1. The van der Waals surface area contributed by atoms with Crippen molar-refractivity contribution in [3.05, 3.63) is 63.8 Å². The summed E-state index contributed by atoms with van der Waals surface area (Å²) in [4.78, 5) is 76.0. The van der Waals surface area contributed by atoms with Crippen molar-refractivity contribution in [3.8, 4) is 5.75 Å². The highest BCUT2D eigenvalue weighted by molar-refractivity contribution is 6.05. The average molecular weight is 882 g/mol. The molecule has 2 aromatic carbocycles. The second-order valence-corrected chi connectivity index (χ2v) is 18.6. The Labute approximate surface area is 371 Å². The van der Waals surface area contributed by atoms with Gasteiger partial charge in [0.2, 0.25) is 17.7 Å². The number of nitrogens with one attached hydrogen (secondary N) is 1. The van der Waals surface area contributed by atoms with E-state index in [0.29, 0.717) is 87.5 Å². The quantitative estimate of drug-likeness (QED) is 0.300. The molecule has 4 fully saturated rings. The van der Waals surface area contributed by atoms with Crippen LogP contribution in [0.3, 0.4) is 0 Å². The number of ether oxygens (including phenoxy) is 1. The molecule has 1 unspecified atom stereocenters. The van der Waals surface area contributed by atoms with Crippen molar-refractivity contribution in [2.24, 2.45) is 5.92 Å². The third kappa shape index (κ3) is 7.97. The van der Waals surface area contributed by atoms with Crippen molar-refractivity contribution in [1.82, 2.24) is 34.7 Å². The Morgan fingerprint density at radius 1 is 0.859 bits per heavy atom. The molecule has 7 heterocycles. The highest BCUT2D eigenvalue weighted by Crippen LogP contribution is 2.45. The Morgan fingerprint density at radius 3 is 2.38 bits per heavy atom. The van der Waals surface area contributed by atoms with Gasteiger partial charge in [0, 0.05) is 107 Å². The number of anilines is 3. The Bertz CT molecular complexity index is 2350. The molecule has 6 aliphatic heterocycles. The average Bonchev–Trinajstić information content (AvgIpc) is 3.85. The van der Waals surface area contributed by atoms with Crippen molar-refractivity contribution in [2.75, 3.05) is 75.3 Å². The van der Waals surface area contributed by atoms with Gasteiger partial charge < -0.3 is 29.2 Å². The maximum atomic E-state index is 15.0. The van der Waals surface area contributed by atoms with E-state index in [4.69, 9.17) is 9.84 Å². The monoisotopic (exact) mass is 881 g/mol. The number of nitrogens with zero attached hydrogens (tertiary/aromatic N) is 8. The number of amides is 5. The summed E-state index contributed by atoms with van der Waals surface area (Å²) in [6.45, 7) is 8.77. The van der Waals surface area contributed by atoms with E-state index in [1.807, 2.05) is 28.0 Å². The lowest BCUT2D eigenvalue weighted by molar-refractivity contribution is -0.137. The molecule has 1 aliphatic carbocycles. The molecule has 340 valence electrons. The molecule has 7 aliphatic rings. The fraction of sp³-hybridized carbons (Fsp3) is 0.574. The second-order valence-electron chi connectivity index (χ2n) is 18.6. The summed E-state index contributed by atoms with van der Waals surface area (Å²) in [5, 5.41) is 7.55. The van der Waals surface area contributed by atoms with Crippen LogP contribution in [0.5, 0.6) is 5.75 Å². The molecule has 1 aromatic heterocycles. The predicted molar refractivity (Wildman–Crippen MR) is 233 cm³/mol. The smallest absolute Gasteiger partial charge is 0.264 e. The Kier molecular flexibility index (Phi) is 11.5. The summed E-state index contributed by atoms with van der Waals surface area (Å²) in [6, 6.07) is 8.50. The van der Waals surface area contributed by atoms with Crippen LogP contribution < -0.4 is 19.9 Å². The van der Waals surface area contributed by atoms with Crippen LogP contribution in [0.15, 0.2) is 30.3 Å². The number of hydrogen-bond acceptors (Lipinski definition) is 10. The van der Waals surface area contributed by atoms with E-state index in [0.717, 1.165) is 93.8 Å². The molecule has 3 saturated heterocycles. The van der Waals surface area contributed by atoms with E-state index in [9.17, 15) is 24.0 Å². The number of aromatic nitrogens is 2. The molecule has 17 heteroatoms. The van der Waals surface area contributed by atoms with Crippen LogP contribution in [0.25, 0.3) is 0 Å². The van der Waals surface area contributed by atoms with Crippen LogP contribution in [0.1, 0.15) is 120 Å². The number of alkyl halides is 2. The number of likely N-dealkylation sites (tertiary alicyclic amines) is 1. The first-order valence-electron chi connectivity index (χ1n) is 23.3. The van der Waals surface area contributed by atoms with Crippen LogP contribution in [0.2, 0.25) is 0 Å². The van der Waals surface area contributed by atoms with Gasteiger partial charge in [-0.1, -0.05) is 25.3 Å². The number of rotatable bonds is 8. The first-order valence-corrected chi connectivity index (χ1v) is 23.3. The van der Waals surface area contributed by atoms with Crippen LogP contribution in [-0.2, 0) is 33.9 Å². The van der Waals surface area contributed by atoms with Gasteiger partial charge in [0.25, 0.3) is 18.2 Å². The van der Waals surface area contributed by atoms with E-state index in [1.165, 1.54) is 18.6 Å². The number of carbonyl (C=O) groups excluding carboxylic acids is 5. The number of fused-ring (bicyclic) bond motifs is 3. The SMILES string of the molecule is CC(=O)N1CCc2c(c(N3CCOc4cc(C(=O)N5CCC(CN6CCN(c7ccc8c(c7)C(=O)N(C7CCC(=O)NC7=O)C8)CC6)CC5)c(C(F)F)cc43)nn2C2CCCCC2)C1. The summed E-state index contributed by atoms with van der Waals surface area (Å²) in [5.41, 5.74) is 4.66. The van der Waals surface area contributed by atoms with Crippen LogP contribution in [0, 0.1) is 5.92 Å². The van der Waals surface area contributed by atoms with Gasteiger partial charge in [-0.05, 0) is 67.9 Å². The van der Waals surface area contributed by atoms with Gasteiger partial charge in [0.1, 0.15) is 18.4 Å². The number of halogens is 2. The first kappa shape index (κ1) is 42.4. The molecule has 15 nitrogen and oxygen atoms in total. The fourth-order valence-electron chi connectivity index (χ4n) is 11.2. The normalized spacial score (nSPS) is 22.4. The summed E-state index contributed by atoms with van der Waals surface area (Å²) >= 11 is 0. The minimum atomic E-state index is -2.88. The third-order valence-corrected chi connectivity index (χ3v) is 14.8. The lowest BCUT2D eigenvalue weighted by atomic mass is 9.94. The van der Waals surface area contributed by atoms with Gasteiger partial charge in [0.05, 0.1) is 30.4 Å². The second kappa shape index (κ2) is 17.4. The van der Waals surface area contributed by atoms with Crippen molar-refractivity contribution >= 4 is 46.7 Å². The maximum absolute atomic E-state index is 15.0. The molecule has 1 saturated carbocycles. The molecule has 1 N–H and O–H groups in total. The van der Waals surface area contributed by atoms with E-state index in [2.05, 4.69) is 19.8 Å². The molecule has 3 aromatic rings. The first-order chi connectivity index (χ1) is 31.0. The highest BCUT2D eigenvalue weighted by atomic mass is 19.3. The lowest BCUT2D eigenvalue weighted by Gasteiger charge is -2.40. The Balaban J connectivity index is 0.773. The van der Waals surface area contributed by atoms with E-state index < -0.39 is 24.3 Å². The van der Waals surface area contributed by atoms with Gasteiger partial charge >= 0.3 is 0 Å². The predicted octanol–water partition coefficient (Wildman–Crippen LogP) is 5.20. The van der Waals surface area contributed by atoms with Crippen LogP contribution in [0.4, 0.5) is 26.0 Å². The van der Waals surface area contributed by atoms with Crippen molar-refractivity contribution < 1.29 is 37.5 Å². The van der Waals surface area contributed by atoms with Crippen LogP contribution >= 0.6 is 0 Å². The van der Waals surface area contributed by atoms with Gasteiger partial charge in [-0.25, -0.2) is 8.78 Å². The minimum absolute atomic E-state index is 0.00819. The van der Waals surface area contributed by atoms with Gasteiger partial charge in [0.15, 0.2) is 5.82 Å². The Morgan fingerprint density at radius 2 is 1.64 bits per heavy atom. The zero-order chi connectivity index (χ0) is 44.2. The summed E-state index contributed by atoms with van der Waals surface area (Å²) in [6.07, 6.45) is 5.47. The zero-order valence-electron chi connectivity index (χ0n) is 36.5. The topological polar surface area (TPSA) is 144 Å². The largest absolute Gasteiger partial charge is 0.490 e. The molecule has 10 rings (SSSR count). The van der Waals surface area contributed by atoms with Crippen molar-refractivity contribution in [1.29, 1.82) is 0 Å². The molecule has 1 atom stereocenters. The van der Waals surface area contributed by atoms with E-state index in [-0.39, 0.29) is 41.3 Å².